The molecule has 0 saturated carbocycles. The molecule has 0 aliphatic heterocycles. The van der Waals surface area contributed by atoms with Gasteiger partial charge in [0.1, 0.15) is 23.7 Å². The molecule has 1 aromatic carbocycles. The van der Waals surface area contributed by atoms with Gasteiger partial charge in [0.25, 0.3) is 0 Å². The first-order chi connectivity index (χ1) is 9.65. The SMILES string of the molecule is CCCc1c(NC)ncnc1Oc1ccc(Br)c(F)c1. The van der Waals surface area contributed by atoms with Crippen LogP contribution in [0.25, 0.3) is 0 Å². The highest BCUT2D eigenvalue weighted by Gasteiger charge is 2.12. The summed E-state index contributed by atoms with van der Waals surface area (Å²) in [7, 11) is 1.80. The quantitative estimate of drug-likeness (QED) is 0.888. The molecule has 1 N–H and O–H groups in total. The van der Waals surface area contributed by atoms with E-state index in [-0.39, 0.29) is 5.82 Å². The highest BCUT2D eigenvalue weighted by molar-refractivity contribution is 9.10. The van der Waals surface area contributed by atoms with E-state index in [0.717, 1.165) is 24.2 Å². The zero-order valence-corrected chi connectivity index (χ0v) is 12.9. The summed E-state index contributed by atoms with van der Waals surface area (Å²) in [5, 5.41) is 3.01. The topological polar surface area (TPSA) is 47.0 Å². The molecule has 0 bridgehead atoms. The van der Waals surface area contributed by atoms with Crippen LogP contribution in [0.1, 0.15) is 18.9 Å². The summed E-state index contributed by atoms with van der Waals surface area (Å²) in [4.78, 5) is 8.31. The molecule has 4 nitrogen and oxygen atoms in total. The molecule has 0 atom stereocenters. The molecule has 1 aromatic heterocycles. The third-order valence-electron chi connectivity index (χ3n) is 2.75. The zero-order valence-electron chi connectivity index (χ0n) is 11.3. The number of anilines is 1. The van der Waals surface area contributed by atoms with Gasteiger partial charge in [-0.2, -0.15) is 0 Å². The van der Waals surface area contributed by atoms with E-state index in [0.29, 0.717) is 16.1 Å². The first kappa shape index (κ1) is 14.7. The number of aromatic nitrogens is 2. The van der Waals surface area contributed by atoms with E-state index in [9.17, 15) is 4.39 Å². The van der Waals surface area contributed by atoms with Gasteiger partial charge in [0.15, 0.2) is 0 Å². The van der Waals surface area contributed by atoms with E-state index in [1.165, 1.54) is 12.4 Å². The van der Waals surface area contributed by atoms with E-state index < -0.39 is 0 Å². The Labute approximate surface area is 125 Å². The van der Waals surface area contributed by atoms with E-state index in [1.807, 2.05) is 0 Å². The molecule has 6 heteroatoms. The number of hydrogen-bond donors (Lipinski definition) is 1. The average Bonchev–Trinajstić information content (AvgIpc) is 2.45. The van der Waals surface area contributed by atoms with Crippen LogP contribution in [0.2, 0.25) is 0 Å². The third-order valence-corrected chi connectivity index (χ3v) is 3.39. The van der Waals surface area contributed by atoms with Crippen molar-refractivity contribution in [2.24, 2.45) is 0 Å². The fraction of sp³-hybridized carbons (Fsp3) is 0.286. The van der Waals surface area contributed by atoms with Gasteiger partial charge in [-0.05, 0) is 34.5 Å². The van der Waals surface area contributed by atoms with Gasteiger partial charge in [-0.3, -0.25) is 0 Å². The van der Waals surface area contributed by atoms with Crippen molar-refractivity contribution in [3.8, 4) is 11.6 Å². The smallest absolute Gasteiger partial charge is 0.227 e. The van der Waals surface area contributed by atoms with Gasteiger partial charge in [0.2, 0.25) is 5.88 Å². The summed E-state index contributed by atoms with van der Waals surface area (Å²) in [6, 6.07) is 4.61. The molecule has 0 aliphatic carbocycles. The maximum absolute atomic E-state index is 13.5. The Kier molecular flexibility index (Phi) is 4.89. The van der Waals surface area contributed by atoms with Crippen molar-refractivity contribution in [2.75, 3.05) is 12.4 Å². The molecular weight excluding hydrogens is 325 g/mol. The molecule has 0 unspecified atom stereocenters. The van der Waals surface area contributed by atoms with Crippen LogP contribution in [0.4, 0.5) is 10.2 Å². The number of benzene rings is 1. The number of rotatable bonds is 5. The summed E-state index contributed by atoms with van der Waals surface area (Å²) in [6.45, 7) is 2.06. The Morgan fingerprint density at radius 2 is 2.15 bits per heavy atom. The molecular formula is C14H15BrFN3O. The fourth-order valence-electron chi connectivity index (χ4n) is 1.83. The van der Waals surface area contributed by atoms with Gasteiger partial charge in [-0.25, -0.2) is 14.4 Å². The lowest BCUT2D eigenvalue weighted by Crippen LogP contribution is -2.03. The monoisotopic (exact) mass is 339 g/mol. The highest BCUT2D eigenvalue weighted by Crippen LogP contribution is 2.29. The number of nitrogens with one attached hydrogen (secondary N) is 1. The van der Waals surface area contributed by atoms with Crippen molar-refractivity contribution in [1.29, 1.82) is 0 Å². The maximum Gasteiger partial charge on any atom is 0.227 e. The maximum atomic E-state index is 13.5. The fourth-order valence-corrected chi connectivity index (χ4v) is 2.07. The number of hydrogen-bond acceptors (Lipinski definition) is 4. The van der Waals surface area contributed by atoms with Crippen LogP contribution < -0.4 is 10.1 Å². The summed E-state index contributed by atoms with van der Waals surface area (Å²) >= 11 is 3.11. The number of halogens is 2. The van der Waals surface area contributed by atoms with Gasteiger partial charge < -0.3 is 10.1 Å². The molecule has 1 heterocycles. The Morgan fingerprint density at radius 3 is 2.80 bits per heavy atom. The molecule has 2 aromatic rings. The predicted molar refractivity (Wildman–Crippen MR) is 79.7 cm³/mol. The Hall–Kier alpha value is -1.69. The molecule has 0 amide bonds. The third kappa shape index (κ3) is 3.25. The molecule has 0 aliphatic rings. The summed E-state index contributed by atoms with van der Waals surface area (Å²) in [5.74, 6) is 1.22. The second-order valence-corrected chi connectivity index (χ2v) is 5.04. The van der Waals surface area contributed by atoms with Crippen LogP contribution in [-0.2, 0) is 6.42 Å². The second kappa shape index (κ2) is 6.65. The van der Waals surface area contributed by atoms with Crippen LogP contribution in [0.3, 0.4) is 0 Å². The molecule has 20 heavy (non-hydrogen) atoms. The van der Waals surface area contributed by atoms with Crippen molar-refractivity contribution in [1.82, 2.24) is 9.97 Å². The molecule has 0 fully saturated rings. The minimum atomic E-state index is -0.373. The van der Waals surface area contributed by atoms with E-state index >= 15 is 0 Å². The van der Waals surface area contributed by atoms with Crippen LogP contribution in [-0.4, -0.2) is 17.0 Å². The summed E-state index contributed by atoms with van der Waals surface area (Å²) < 4.78 is 19.6. The Bertz CT molecular complexity index is 607. The van der Waals surface area contributed by atoms with Crippen LogP contribution in [0, 0.1) is 5.82 Å². The minimum absolute atomic E-state index is 0.373. The normalized spacial score (nSPS) is 10.4. The molecule has 106 valence electrons. The van der Waals surface area contributed by atoms with Gasteiger partial charge in [0, 0.05) is 13.1 Å². The number of nitrogens with zero attached hydrogens (tertiary/aromatic N) is 2. The van der Waals surface area contributed by atoms with Crippen molar-refractivity contribution >= 4 is 21.7 Å². The van der Waals surface area contributed by atoms with E-state index in [1.54, 1.807) is 19.2 Å². The first-order valence-corrected chi connectivity index (χ1v) is 7.09. The molecule has 0 spiro atoms. The van der Waals surface area contributed by atoms with Gasteiger partial charge >= 0.3 is 0 Å². The second-order valence-electron chi connectivity index (χ2n) is 4.18. The zero-order chi connectivity index (χ0) is 14.5. The standard InChI is InChI=1S/C14H15BrFN3O/c1-3-4-10-13(17-2)18-8-19-14(10)20-9-5-6-11(15)12(16)7-9/h5-8H,3-4H2,1-2H3,(H,17,18,19). The van der Waals surface area contributed by atoms with Crippen molar-refractivity contribution in [2.45, 2.75) is 19.8 Å². The average molecular weight is 340 g/mol. The lowest BCUT2D eigenvalue weighted by Gasteiger charge is -2.12. The molecule has 0 radical (unpaired) electrons. The van der Waals surface area contributed by atoms with Crippen molar-refractivity contribution < 1.29 is 9.13 Å². The summed E-state index contributed by atoms with van der Waals surface area (Å²) in [6.07, 6.45) is 3.15. The highest BCUT2D eigenvalue weighted by atomic mass is 79.9. The van der Waals surface area contributed by atoms with Gasteiger partial charge in [-0.1, -0.05) is 13.3 Å². The van der Waals surface area contributed by atoms with E-state index in [4.69, 9.17) is 4.74 Å². The van der Waals surface area contributed by atoms with Crippen molar-refractivity contribution in [3.05, 3.63) is 40.4 Å². The number of ether oxygens (including phenoxy) is 1. The Morgan fingerprint density at radius 1 is 1.35 bits per heavy atom. The lowest BCUT2D eigenvalue weighted by molar-refractivity contribution is 0.449. The molecule has 0 saturated heterocycles. The van der Waals surface area contributed by atoms with Gasteiger partial charge in [-0.15, -0.1) is 0 Å². The van der Waals surface area contributed by atoms with E-state index in [2.05, 4.69) is 38.1 Å². The molecule has 2 rings (SSSR count). The first-order valence-electron chi connectivity index (χ1n) is 6.30. The lowest BCUT2D eigenvalue weighted by atomic mass is 10.1. The predicted octanol–water partition coefficient (Wildman–Crippen LogP) is 4.16. The van der Waals surface area contributed by atoms with Crippen LogP contribution >= 0.6 is 15.9 Å². The largest absolute Gasteiger partial charge is 0.438 e. The summed E-state index contributed by atoms with van der Waals surface area (Å²) in [5.41, 5.74) is 0.890. The minimum Gasteiger partial charge on any atom is -0.438 e. The Balaban J connectivity index is 2.34. The van der Waals surface area contributed by atoms with Crippen LogP contribution in [0.5, 0.6) is 11.6 Å². The van der Waals surface area contributed by atoms with Gasteiger partial charge in [0.05, 0.1) is 10.0 Å². The van der Waals surface area contributed by atoms with Crippen molar-refractivity contribution in [3.63, 3.8) is 0 Å². The van der Waals surface area contributed by atoms with Crippen LogP contribution in [0.15, 0.2) is 29.0 Å².